The average Bonchev–Trinajstić information content (AvgIpc) is 3.35. The van der Waals surface area contributed by atoms with Crippen molar-refractivity contribution in [3.8, 4) is 0 Å². The van der Waals surface area contributed by atoms with Gasteiger partial charge in [-0.2, -0.15) is 0 Å². The number of fused-ring (bicyclic) bond motifs is 1. The van der Waals surface area contributed by atoms with Crippen LogP contribution in [0.5, 0.6) is 0 Å². The summed E-state index contributed by atoms with van der Waals surface area (Å²) in [6.07, 6.45) is 0. The van der Waals surface area contributed by atoms with E-state index in [4.69, 9.17) is 18.9 Å². The first-order valence-electron chi connectivity index (χ1n) is 14.7. The molecule has 11 nitrogen and oxygen atoms in total. The summed E-state index contributed by atoms with van der Waals surface area (Å²) in [5.74, 6) is -3.41. The molecule has 0 saturated carbocycles. The topological polar surface area (TPSA) is 143 Å². The molecule has 0 bridgehead atoms. The van der Waals surface area contributed by atoms with Gasteiger partial charge >= 0.3 is 23.9 Å². The third-order valence-electron chi connectivity index (χ3n) is 7.15. The van der Waals surface area contributed by atoms with Crippen LogP contribution in [0, 0.1) is 0 Å². The van der Waals surface area contributed by atoms with Gasteiger partial charge in [-0.05, 0) is 91.7 Å². The van der Waals surface area contributed by atoms with Crippen LogP contribution < -0.4 is 4.90 Å². The second kappa shape index (κ2) is 14.3. The molecule has 0 fully saturated rings. The Morgan fingerprint density at radius 3 is 1.34 bits per heavy atom. The van der Waals surface area contributed by atoms with E-state index in [-0.39, 0.29) is 54.4 Å². The summed E-state index contributed by atoms with van der Waals surface area (Å²) >= 11 is 0. The standard InChI is InChI=1S/C36H29NO10/c1-3-44-33(40)24-9-5-22(6-10-24)20-46-35(42)26-13-16-28(17-14-26)37-31(38)29-18-15-27(19-30(29)32(37)39)36(43)47-21-23-7-11-25(12-8-23)34(41)45-4-2/h5-19H,3-4,20-21H2,1-2H3. The first kappa shape index (κ1) is 32.3. The summed E-state index contributed by atoms with van der Waals surface area (Å²) in [5, 5.41) is 0. The number of esters is 4. The summed E-state index contributed by atoms with van der Waals surface area (Å²) in [6.45, 7) is 3.84. The predicted octanol–water partition coefficient (Wildman–Crippen LogP) is 5.55. The van der Waals surface area contributed by atoms with Crippen molar-refractivity contribution in [2.75, 3.05) is 18.1 Å². The normalized spacial score (nSPS) is 11.9. The molecule has 1 aliphatic rings. The van der Waals surface area contributed by atoms with E-state index in [0.717, 1.165) is 4.90 Å². The van der Waals surface area contributed by atoms with Crippen LogP contribution in [0.2, 0.25) is 0 Å². The third kappa shape index (κ3) is 7.25. The number of nitrogens with zero attached hydrogens (tertiary/aromatic N) is 1. The highest BCUT2D eigenvalue weighted by Crippen LogP contribution is 2.30. The molecule has 2 amide bonds. The smallest absolute Gasteiger partial charge is 0.338 e. The van der Waals surface area contributed by atoms with Gasteiger partial charge in [0.25, 0.3) is 11.8 Å². The SMILES string of the molecule is CCOC(=O)c1ccc(COC(=O)c2ccc(N3C(=O)c4ccc(C(=O)OCc5ccc(C(=O)OCC)cc5)cc4C3=O)cc2)cc1. The van der Waals surface area contributed by atoms with Crippen LogP contribution >= 0.6 is 0 Å². The van der Waals surface area contributed by atoms with Crippen LogP contribution in [0.25, 0.3) is 0 Å². The molecule has 4 aromatic rings. The minimum absolute atomic E-state index is 0.0331. The van der Waals surface area contributed by atoms with Gasteiger partial charge in [0.05, 0.1) is 52.3 Å². The maximum atomic E-state index is 13.3. The first-order valence-corrected chi connectivity index (χ1v) is 14.7. The molecular formula is C36H29NO10. The number of hydrogen-bond acceptors (Lipinski definition) is 10. The molecule has 0 unspecified atom stereocenters. The van der Waals surface area contributed by atoms with Crippen molar-refractivity contribution in [2.24, 2.45) is 0 Å². The fourth-order valence-electron chi connectivity index (χ4n) is 4.72. The Bertz CT molecular complexity index is 1840. The molecular weight excluding hydrogens is 606 g/mol. The van der Waals surface area contributed by atoms with Gasteiger partial charge in [-0.25, -0.2) is 24.1 Å². The van der Waals surface area contributed by atoms with Crippen molar-refractivity contribution in [1.29, 1.82) is 0 Å². The number of benzene rings is 4. The van der Waals surface area contributed by atoms with Crippen LogP contribution in [0.1, 0.15) is 87.1 Å². The second-order valence-electron chi connectivity index (χ2n) is 10.2. The van der Waals surface area contributed by atoms with Crippen molar-refractivity contribution >= 4 is 41.4 Å². The molecule has 0 radical (unpaired) electrons. The fourth-order valence-corrected chi connectivity index (χ4v) is 4.72. The minimum Gasteiger partial charge on any atom is -0.462 e. The number of carbonyl (C=O) groups is 6. The highest BCUT2D eigenvalue weighted by atomic mass is 16.5. The molecule has 11 heteroatoms. The minimum atomic E-state index is -0.696. The summed E-state index contributed by atoms with van der Waals surface area (Å²) in [7, 11) is 0. The Morgan fingerprint density at radius 2 is 0.872 bits per heavy atom. The number of hydrogen-bond donors (Lipinski definition) is 0. The quantitative estimate of drug-likeness (QED) is 0.117. The molecule has 0 atom stereocenters. The Labute approximate surface area is 269 Å². The Balaban J connectivity index is 1.19. The highest BCUT2D eigenvalue weighted by molar-refractivity contribution is 6.34. The number of amides is 2. The molecule has 4 aromatic carbocycles. The van der Waals surface area contributed by atoms with E-state index in [1.165, 1.54) is 42.5 Å². The largest absolute Gasteiger partial charge is 0.462 e. The van der Waals surface area contributed by atoms with Crippen molar-refractivity contribution in [2.45, 2.75) is 27.1 Å². The molecule has 0 N–H and O–H groups in total. The lowest BCUT2D eigenvalue weighted by molar-refractivity contribution is 0.0463. The van der Waals surface area contributed by atoms with Crippen molar-refractivity contribution < 1.29 is 47.7 Å². The maximum absolute atomic E-state index is 13.3. The monoisotopic (exact) mass is 635 g/mol. The van der Waals surface area contributed by atoms with E-state index in [9.17, 15) is 28.8 Å². The zero-order valence-corrected chi connectivity index (χ0v) is 25.5. The molecule has 238 valence electrons. The van der Waals surface area contributed by atoms with Gasteiger partial charge in [0.2, 0.25) is 0 Å². The fraction of sp³-hybridized carbons (Fsp3) is 0.167. The molecule has 0 aromatic heterocycles. The summed E-state index contributed by atoms with van der Waals surface area (Å²) in [6, 6.07) is 22.8. The second-order valence-corrected chi connectivity index (χ2v) is 10.2. The van der Waals surface area contributed by atoms with Gasteiger partial charge in [0.15, 0.2) is 0 Å². The van der Waals surface area contributed by atoms with Gasteiger partial charge in [-0.3, -0.25) is 9.59 Å². The maximum Gasteiger partial charge on any atom is 0.338 e. The third-order valence-corrected chi connectivity index (χ3v) is 7.15. The van der Waals surface area contributed by atoms with Crippen molar-refractivity contribution in [3.63, 3.8) is 0 Å². The van der Waals surface area contributed by atoms with Gasteiger partial charge in [-0.15, -0.1) is 0 Å². The van der Waals surface area contributed by atoms with Crippen LogP contribution in [0.3, 0.4) is 0 Å². The van der Waals surface area contributed by atoms with Crippen molar-refractivity contribution in [3.05, 3.63) is 136 Å². The van der Waals surface area contributed by atoms with E-state index in [2.05, 4.69) is 0 Å². The predicted molar refractivity (Wildman–Crippen MR) is 167 cm³/mol. The molecule has 1 aliphatic heterocycles. The number of ether oxygens (including phenoxy) is 4. The van der Waals surface area contributed by atoms with E-state index >= 15 is 0 Å². The zero-order chi connectivity index (χ0) is 33.5. The van der Waals surface area contributed by atoms with Gasteiger partial charge in [-0.1, -0.05) is 24.3 Å². The lowest BCUT2D eigenvalue weighted by atomic mass is 10.1. The number of imide groups is 1. The van der Waals surface area contributed by atoms with E-state index < -0.39 is 35.7 Å². The zero-order valence-electron chi connectivity index (χ0n) is 25.5. The Kier molecular flexibility index (Phi) is 9.85. The summed E-state index contributed by atoms with van der Waals surface area (Å²) < 4.78 is 20.6. The average molecular weight is 636 g/mol. The Hall–Kier alpha value is -6.10. The summed E-state index contributed by atoms with van der Waals surface area (Å²) in [5.41, 5.74) is 2.76. The number of carbonyl (C=O) groups excluding carboxylic acids is 6. The molecule has 0 aliphatic carbocycles. The number of rotatable bonds is 11. The van der Waals surface area contributed by atoms with Crippen LogP contribution in [-0.4, -0.2) is 48.9 Å². The first-order chi connectivity index (χ1) is 22.7. The van der Waals surface area contributed by atoms with Gasteiger partial charge < -0.3 is 18.9 Å². The highest BCUT2D eigenvalue weighted by Gasteiger charge is 2.37. The van der Waals surface area contributed by atoms with Gasteiger partial charge in [0.1, 0.15) is 13.2 Å². The number of anilines is 1. The summed E-state index contributed by atoms with van der Waals surface area (Å²) in [4.78, 5) is 76.4. The molecule has 47 heavy (non-hydrogen) atoms. The van der Waals surface area contributed by atoms with Gasteiger partial charge in [0, 0.05) is 0 Å². The van der Waals surface area contributed by atoms with Crippen LogP contribution in [-0.2, 0) is 32.2 Å². The molecule has 1 heterocycles. The van der Waals surface area contributed by atoms with E-state index in [1.807, 2.05) is 0 Å². The van der Waals surface area contributed by atoms with E-state index in [1.54, 1.807) is 62.4 Å². The molecule has 0 spiro atoms. The van der Waals surface area contributed by atoms with E-state index in [0.29, 0.717) is 22.3 Å². The Morgan fingerprint density at radius 1 is 0.489 bits per heavy atom. The molecule has 0 saturated heterocycles. The van der Waals surface area contributed by atoms with Crippen molar-refractivity contribution in [1.82, 2.24) is 0 Å². The lowest BCUT2D eigenvalue weighted by Gasteiger charge is -2.14. The van der Waals surface area contributed by atoms with Crippen LogP contribution in [0.4, 0.5) is 5.69 Å². The van der Waals surface area contributed by atoms with Crippen LogP contribution in [0.15, 0.2) is 91.0 Å². The molecule has 5 rings (SSSR count). The lowest BCUT2D eigenvalue weighted by Crippen LogP contribution is -2.29.